The predicted molar refractivity (Wildman–Crippen MR) is 130 cm³/mol. The van der Waals surface area contributed by atoms with Gasteiger partial charge in [0.25, 0.3) is 0 Å². The van der Waals surface area contributed by atoms with E-state index in [1.165, 1.54) is 82.6 Å². The molecular weight excluding hydrogens is 368 g/mol. The first-order chi connectivity index (χ1) is 14.8. The Morgan fingerprint density at radius 2 is 1.23 bits per heavy atom. The van der Waals surface area contributed by atoms with E-state index in [9.17, 15) is 4.79 Å². The Morgan fingerprint density at radius 1 is 0.700 bits per heavy atom. The van der Waals surface area contributed by atoms with E-state index >= 15 is 0 Å². The summed E-state index contributed by atoms with van der Waals surface area (Å²) in [5.74, 6) is 0.188. The van der Waals surface area contributed by atoms with Crippen molar-refractivity contribution in [1.82, 2.24) is 0 Å². The Balaban J connectivity index is 2.24. The normalized spacial score (nSPS) is 11.2. The minimum atomic E-state index is 0.0665. The topological polar surface area (TPSA) is 26.3 Å². The number of rotatable bonds is 20. The lowest BCUT2D eigenvalue weighted by molar-refractivity contribution is -0.149. The van der Waals surface area contributed by atoms with Crippen LogP contribution in [0.5, 0.6) is 0 Å². The number of ether oxygens (including phenoxy) is 1. The summed E-state index contributed by atoms with van der Waals surface area (Å²) in [6.07, 6.45) is 20.6. The summed E-state index contributed by atoms with van der Waals surface area (Å²) in [4.78, 5) is 12.7. The molecule has 172 valence electrons. The highest BCUT2D eigenvalue weighted by atomic mass is 16.5. The Labute approximate surface area is 187 Å². The van der Waals surface area contributed by atoms with Crippen LogP contribution < -0.4 is 0 Å². The number of carbonyl (C=O) groups is 1. The Morgan fingerprint density at radius 3 is 1.80 bits per heavy atom. The second kappa shape index (κ2) is 19.6. The van der Waals surface area contributed by atoms with Crippen molar-refractivity contribution in [1.29, 1.82) is 0 Å². The molecule has 0 spiro atoms. The van der Waals surface area contributed by atoms with E-state index in [1.807, 2.05) is 0 Å². The van der Waals surface area contributed by atoms with Crippen molar-refractivity contribution >= 4 is 5.97 Å². The third-order valence-corrected chi connectivity index (χ3v) is 6.09. The maximum atomic E-state index is 12.7. The van der Waals surface area contributed by atoms with Gasteiger partial charge in [-0.2, -0.15) is 0 Å². The van der Waals surface area contributed by atoms with Gasteiger partial charge in [0.05, 0.1) is 12.5 Å². The van der Waals surface area contributed by atoms with E-state index in [-0.39, 0.29) is 11.9 Å². The van der Waals surface area contributed by atoms with Gasteiger partial charge in [-0.3, -0.25) is 4.79 Å². The van der Waals surface area contributed by atoms with Gasteiger partial charge in [-0.1, -0.05) is 121 Å². The average Bonchev–Trinajstić information content (AvgIpc) is 2.77. The maximum Gasteiger partial charge on any atom is 0.308 e. The van der Waals surface area contributed by atoms with Crippen LogP contribution in [0.2, 0.25) is 0 Å². The smallest absolute Gasteiger partial charge is 0.308 e. The number of esters is 1. The number of carbonyl (C=O) groups excluding carboxylic acids is 1. The molecule has 0 aromatic heterocycles. The molecule has 0 heterocycles. The molecule has 0 saturated carbocycles. The summed E-state index contributed by atoms with van der Waals surface area (Å²) in [7, 11) is 0. The molecule has 0 N–H and O–H groups in total. The fourth-order valence-corrected chi connectivity index (χ4v) is 4.09. The average molecular weight is 417 g/mol. The summed E-state index contributed by atoms with van der Waals surface area (Å²) in [6.45, 7) is 5.09. The number of hydrogen-bond acceptors (Lipinski definition) is 2. The van der Waals surface area contributed by atoms with Crippen LogP contribution in [0.3, 0.4) is 0 Å². The minimum Gasteiger partial charge on any atom is -0.465 e. The standard InChI is InChI=1S/C28H48O2/c1-3-5-7-9-11-16-23-27(24-17-12-10-8-6-4-2)28(29)30-25-19-18-22-26-20-14-13-15-21-26/h13-15,20-21,27H,3-12,16-19,22-25H2,1-2H3. The number of hydrogen-bond donors (Lipinski definition) is 0. The SMILES string of the molecule is CCCCCCCCC(CCCCCCCC)C(=O)OCCCCc1ccccc1. The fraction of sp³-hybridized carbons (Fsp3) is 0.750. The van der Waals surface area contributed by atoms with Crippen LogP contribution in [-0.2, 0) is 16.0 Å². The largest absolute Gasteiger partial charge is 0.465 e. The van der Waals surface area contributed by atoms with Gasteiger partial charge in [0.1, 0.15) is 0 Å². The van der Waals surface area contributed by atoms with E-state index in [2.05, 4.69) is 44.2 Å². The summed E-state index contributed by atoms with van der Waals surface area (Å²) in [5, 5.41) is 0. The van der Waals surface area contributed by atoms with Crippen molar-refractivity contribution in [2.45, 2.75) is 123 Å². The molecule has 0 aliphatic rings. The third-order valence-electron chi connectivity index (χ3n) is 6.09. The van der Waals surface area contributed by atoms with Crippen molar-refractivity contribution in [3.05, 3.63) is 35.9 Å². The van der Waals surface area contributed by atoms with E-state index in [4.69, 9.17) is 4.74 Å². The van der Waals surface area contributed by atoms with Crippen LogP contribution in [0.1, 0.15) is 122 Å². The number of unbranched alkanes of at least 4 members (excludes halogenated alkanes) is 11. The molecular formula is C28H48O2. The highest BCUT2D eigenvalue weighted by Crippen LogP contribution is 2.21. The van der Waals surface area contributed by atoms with E-state index in [1.54, 1.807) is 0 Å². The molecule has 0 unspecified atom stereocenters. The van der Waals surface area contributed by atoms with Gasteiger partial charge in [-0.25, -0.2) is 0 Å². The number of benzene rings is 1. The molecule has 1 aromatic rings. The molecule has 2 heteroatoms. The molecule has 0 aliphatic heterocycles. The molecule has 0 fully saturated rings. The van der Waals surface area contributed by atoms with Gasteiger partial charge in [0.2, 0.25) is 0 Å². The predicted octanol–water partition coefficient (Wildman–Crippen LogP) is 8.67. The molecule has 30 heavy (non-hydrogen) atoms. The Bertz CT molecular complexity index is 481. The van der Waals surface area contributed by atoms with Crippen molar-refractivity contribution < 1.29 is 9.53 Å². The van der Waals surface area contributed by atoms with Gasteiger partial charge < -0.3 is 4.74 Å². The molecule has 0 atom stereocenters. The summed E-state index contributed by atoms with van der Waals surface area (Å²) >= 11 is 0. The quantitative estimate of drug-likeness (QED) is 0.157. The monoisotopic (exact) mass is 416 g/mol. The number of aryl methyl sites for hydroxylation is 1. The third kappa shape index (κ3) is 14.6. The van der Waals surface area contributed by atoms with Crippen LogP contribution in [-0.4, -0.2) is 12.6 Å². The molecule has 0 radical (unpaired) electrons. The molecule has 0 amide bonds. The van der Waals surface area contributed by atoms with Crippen LogP contribution in [0.4, 0.5) is 0 Å². The fourth-order valence-electron chi connectivity index (χ4n) is 4.09. The van der Waals surface area contributed by atoms with Gasteiger partial charge in [-0.15, -0.1) is 0 Å². The zero-order valence-corrected chi connectivity index (χ0v) is 20.0. The van der Waals surface area contributed by atoms with Crippen LogP contribution in [0.15, 0.2) is 30.3 Å². The second-order valence-electron chi connectivity index (χ2n) is 8.92. The molecule has 0 saturated heterocycles. The molecule has 1 rings (SSSR count). The van der Waals surface area contributed by atoms with Gasteiger partial charge >= 0.3 is 5.97 Å². The zero-order valence-electron chi connectivity index (χ0n) is 20.0. The van der Waals surface area contributed by atoms with E-state index in [0.29, 0.717) is 6.61 Å². The van der Waals surface area contributed by atoms with Crippen molar-refractivity contribution in [2.75, 3.05) is 6.61 Å². The lowest BCUT2D eigenvalue weighted by Gasteiger charge is -2.16. The summed E-state index contributed by atoms with van der Waals surface area (Å²) < 4.78 is 5.69. The first kappa shape index (κ1) is 26.7. The summed E-state index contributed by atoms with van der Waals surface area (Å²) in [6, 6.07) is 10.6. The Kier molecular flexibility index (Phi) is 17.5. The lowest BCUT2D eigenvalue weighted by Crippen LogP contribution is -2.18. The van der Waals surface area contributed by atoms with E-state index < -0.39 is 0 Å². The van der Waals surface area contributed by atoms with Crippen LogP contribution in [0, 0.1) is 5.92 Å². The van der Waals surface area contributed by atoms with Gasteiger partial charge in [0, 0.05) is 0 Å². The highest BCUT2D eigenvalue weighted by molar-refractivity contribution is 5.72. The van der Waals surface area contributed by atoms with Crippen molar-refractivity contribution in [3.8, 4) is 0 Å². The highest BCUT2D eigenvalue weighted by Gasteiger charge is 2.19. The van der Waals surface area contributed by atoms with Crippen molar-refractivity contribution in [2.24, 2.45) is 5.92 Å². The van der Waals surface area contributed by atoms with Crippen LogP contribution in [0.25, 0.3) is 0 Å². The lowest BCUT2D eigenvalue weighted by atomic mass is 9.94. The molecule has 2 nitrogen and oxygen atoms in total. The molecule has 0 bridgehead atoms. The van der Waals surface area contributed by atoms with Crippen molar-refractivity contribution in [3.63, 3.8) is 0 Å². The Hall–Kier alpha value is -1.31. The van der Waals surface area contributed by atoms with E-state index in [0.717, 1.165) is 32.1 Å². The first-order valence-corrected chi connectivity index (χ1v) is 13.0. The second-order valence-corrected chi connectivity index (χ2v) is 8.92. The zero-order chi connectivity index (χ0) is 21.7. The minimum absolute atomic E-state index is 0.0665. The first-order valence-electron chi connectivity index (χ1n) is 13.0. The maximum absolute atomic E-state index is 12.7. The van der Waals surface area contributed by atoms with Crippen LogP contribution >= 0.6 is 0 Å². The molecule has 1 aromatic carbocycles. The molecule has 0 aliphatic carbocycles. The summed E-state index contributed by atoms with van der Waals surface area (Å²) in [5.41, 5.74) is 1.37. The van der Waals surface area contributed by atoms with Gasteiger partial charge in [0.15, 0.2) is 0 Å². The van der Waals surface area contributed by atoms with Gasteiger partial charge in [-0.05, 0) is 37.7 Å².